The Hall–Kier alpha value is -1.49. The third-order valence-electron chi connectivity index (χ3n) is 4.56. The first-order valence-electron chi connectivity index (χ1n) is 9.10. The van der Waals surface area contributed by atoms with Gasteiger partial charge in [0.05, 0.1) is 5.25 Å². The third kappa shape index (κ3) is 5.76. The van der Waals surface area contributed by atoms with E-state index in [0.717, 1.165) is 17.0 Å². The van der Waals surface area contributed by atoms with E-state index in [1.165, 1.54) is 31.5 Å². The molecule has 1 N–H and O–H groups in total. The second kappa shape index (κ2) is 9.45. The Kier molecular flexibility index (Phi) is 7.00. The molecule has 1 saturated heterocycles. The van der Waals surface area contributed by atoms with Crippen molar-refractivity contribution in [2.45, 2.75) is 43.0 Å². The lowest BCUT2D eigenvalue weighted by Gasteiger charge is -2.16. The van der Waals surface area contributed by atoms with Crippen LogP contribution in [0.4, 0.5) is 0 Å². The topological polar surface area (TPSA) is 32.3 Å². The summed E-state index contributed by atoms with van der Waals surface area (Å²) in [6.45, 7) is 5.89. The monoisotopic (exact) mass is 388 g/mol. The molecule has 138 valence electrons. The van der Waals surface area contributed by atoms with Gasteiger partial charge in [0, 0.05) is 23.0 Å². The van der Waals surface area contributed by atoms with Crippen molar-refractivity contribution in [2.75, 3.05) is 13.1 Å². The molecular weight excluding hydrogens is 364 g/mol. The number of carbonyl (C=O) groups is 1. The SMILES string of the molecule is C[C@@H](Sc1ccc(Cl)cc1)C(=O)NCc1cccc(CN2CCCC2)c1. The van der Waals surface area contributed by atoms with Gasteiger partial charge in [0.1, 0.15) is 0 Å². The lowest BCUT2D eigenvalue weighted by atomic mass is 10.1. The van der Waals surface area contributed by atoms with Crippen LogP contribution in [0.5, 0.6) is 0 Å². The van der Waals surface area contributed by atoms with Gasteiger partial charge in [0.2, 0.25) is 5.91 Å². The maximum Gasteiger partial charge on any atom is 0.233 e. The first-order valence-corrected chi connectivity index (χ1v) is 10.4. The molecule has 0 saturated carbocycles. The molecule has 0 bridgehead atoms. The maximum absolute atomic E-state index is 12.4. The summed E-state index contributed by atoms with van der Waals surface area (Å²) >= 11 is 7.45. The van der Waals surface area contributed by atoms with Crippen LogP contribution in [-0.4, -0.2) is 29.1 Å². The average molecular weight is 389 g/mol. The second-order valence-electron chi connectivity index (χ2n) is 6.74. The molecule has 1 amide bonds. The molecule has 0 aromatic heterocycles. The summed E-state index contributed by atoms with van der Waals surface area (Å²) in [6, 6.07) is 16.1. The molecule has 5 heteroatoms. The molecule has 2 aromatic rings. The van der Waals surface area contributed by atoms with Crippen molar-refractivity contribution in [3.8, 4) is 0 Å². The fourth-order valence-corrected chi connectivity index (χ4v) is 4.16. The van der Waals surface area contributed by atoms with E-state index >= 15 is 0 Å². The van der Waals surface area contributed by atoms with Gasteiger partial charge in [-0.05, 0) is 68.2 Å². The van der Waals surface area contributed by atoms with Gasteiger partial charge in [-0.3, -0.25) is 9.69 Å². The van der Waals surface area contributed by atoms with E-state index < -0.39 is 0 Å². The predicted octanol–water partition coefficient (Wildman–Crippen LogP) is 4.73. The number of thioether (sulfide) groups is 1. The minimum Gasteiger partial charge on any atom is -0.351 e. The van der Waals surface area contributed by atoms with Crippen molar-refractivity contribution in [3.63, 3.8) is 0 Å². The lowest BCUT2D eigenvalue weighted by molar-refractivity contribution is -0.120. The smallest absolute Gasteiger partial charge is 0.233 e. The van der Waals surface area contributed by atoms with Crippen LogP contribution < -0.4 is 5.32 Å². The highest BCUT2D eigenvalue weighted by atomic mass is 35.5. The highest BCUT2D eigenvalue weighted by molar-refractivity contribution is 8.00. The number of rotatable bonds is 7. The van der Waals surface area contributed by atoms with Crippen LogP contribution in [0.15, 0.2) is 53.4 Å². The van der Waals surface area contributed by atoms with E-state index in [-0.39, 0.29) is 11.2 Å². The van der Waals surface area contributed by atoms with Crippen LogP contribution in [0.1, 0.15) is 30.9 Å². The van der Waals surface area contributed by atoms with Crippen molar-refractivity contribution in [3.05, 3.63) is 64.7 Å². The van der Waals surface area contributed by atoms with Gasteiger partial charge in [0.25, 0.3) is 0 Å². The van der Waals surface area contributed by atoms with Crippen LogP contribution in [0.3, 0.4) is 0 Å². The molecule has 3 nitrogen and oxygen atoms in total. The quantitative estimate of drug-likeness (QED) is 0.695. The molecule has 3 rings (SSSR count). The van der Waals surface area contributed by atoms with E-state index in [1.807, 2.05) is 31.2 Å². The number of likely N-dealkylation sites (tertiary alicyclic amines) is 1. The molecule has 0 spiro atoms. The lowest BCUT2D eigenvalue weighted by Crippen LogP contribution is -2.30. The van der Waals surface area contributed by atoms with Crippen molar-refractivity contribution >= 4 is 29.3 Å². The predicted molar refractivity (Wildman–Crippen MR) is 110 cm³/mol. The average Bonchev–Trinajstić information content (AvgIpc) is 3.15. The Morgan fingerprint density at radius 2 is 1.85 bits per heavy atom. The van der Waals surface area contributed by atoms with Crippen LogP contribution >= 0.6 is 23.4 Å². The van der Waals surface area contributed by atoms with Gasteiger partial charge >= 0.3 is 0 Å². The van der Waals surface area contributed by atoms with Gasteiger partial charge in [-0.1, -0.05) is 35.9 Å². The molecule has 26 heavy (non-hydrogen) atoms. The first-order chi connectivity index (χ1) is 12.6. The van der Waals surface area contributed by atoms with Crippen LogP contribution in [0.25, 0.3) is 0 Å². The summed E-state index contributed by atoms with van der Waals surface area (Å²) in [5.74, 6) is 0.0508. The molecule has 1 aliphatic heterocycles. The molecule has 1 fully saturated rings. The zero-order valence-corrected chi connectivity index (χ0v) is 16.7. The Morgan fingerprint density at radius 3 is 2.58 bits per heavy atom. The standard InChI is InChI=1S/C21H25ClN2OS/c1-16(26-20-9-7-19(22)8-10-20)21(25)23-14-17-5-4-6-18(13-17)15-24-11-2-3-12-24/h4-10,13,16H,2-3,11-12,14-15H2,1H3,(H,23,25)/t16-/m1/s1. The number of amides is 1. The number of halogens is 1. The highest BCUT2D eigenvalue weighted by Gasteiger charge is 2.15. The number of nitrogens with zero attached hydrogens (tertiary/aromatic N) is 1. The Labute approximate surface area is 165 Å². The minimum absolute atomic E-state index is 0.0508. The van der Waals surface area contributed by atoms with E-state index in [4.69, 9.17) is 11.6 Å². The largest absolute Gasteiger partial charge is 0.351 e. The molecule has 1 aliphatic rings. The Morgan fingerprint density at radius 1 is 1.15 bits per heavy atom. The third-order valence-corrected chi connectivity index (χ3v) is 5.92. The van der Waals surface area contributed by atoms with E-state index in [1.54, 1.807) is 11.8 Å². The van der Waals surface area contributed by atoms with Crippen LogP contribution in [0, 0.1) is 0 Å². The Bertz CT molecular complexity index is 729. The Balaban J connectivity index is 1.49. The zero-order valence-electron chi connectivity index (χ0n) is 15.1. The van der Waals surface area contributed by atoms with Gasteiger partial charge in [-0.25, -0.2) is 0 Å². The highest BCUT2D eigenvalue weighted by Crippen LogP contribution is 2.24. The number of nitrogens with one attached hydrogen (secondary N) is 1. The number of benzene rings is 2. The molecular formula is C21H25ClN2OS. The van der Waals surface area contributed by atoms with Crippen molar-refractivity contribution in [1.82, 2.24) is 10.2 Å². The van der Waals surface area contributed by atoms with Gasteiger partial charge in [-0.15, -0.1) is 11.8 Å². The zero-order chi connectivity index (χ0) is 18.4. The van der Waals surface area contributed by atoms with Crippen LogP contribution in [0.2, 0.25) is 5.02 Å². The van der Waals surface area contributed by atoms with E-state index in [9.17, 15) is 4.79 Å². The first kappa shape index (κ1) is 19.3. The second-order valence-corrected chi connectivity index (χ2v) is 8.59. The fourth-order valence-electron chi connectivity index (χ4n) is 3.14. The fraction of sp³-hybridized carbons (Fsp3) is 0.381. The number of carbonyl (C=O) groups excluding carboxylic acids is 1. The van der Waals surface area contributed by atoms with Crippen molar-refractivity contribution < 1.29 is 4.79 Å². The van der Waals surface area contributed by atoms with Gasteiger partial charge in [-0.2, -0.15) is 0 Å². The van der Waals surface area contributed by atoms with Gasteiger partial charge < -0.3 is 5.32 Å². The van der Waals surface area contributed by atoms with E-state index in [0.29, 0.717) is 11.6 Å². The van der Waals surface area contributed by atoms with E-state index in [2.05, 4.69) is 34.5 Å². The summed E-state index contributed by atoms with van der Waals surface area (Å²) in [6.07, 6.45) is 2.61. The summed E-state index contributed by atoms with van der Waals surface area (Å²) in [7, 11) is 0. The number of hydrogen-bond donors (Lipinski definition) is 1. The normalized spacial score (nSPS) is 15.8. The summed E-state index contributed by atoms with van der Waals surface area (Å²) in [5, 5.41) is 3.61. The molecule has 1 atom stereocenters. The summed E-state index contributed by atoms with van der Waals surface area (Å²) in [4.78, 5) is 15.9. The molecule has 0 radical (unpaired) electrons. The van der Waals surface area contributed by atoms with Crippen molar-refractivity contribution in [1.29, 1.82) is 0 Å². The van der Waals surface area contributed by atoms with Gasteiger partial charge in [0.15, 0.2) is 0 Å². The van der Waals surface area contributed by atoms with Crippen molar-refractivity contribution in [2.24, 2.45) is 0 Å². The molecule has 1 heterocycles. The summed E-state index contributed by atoms with van der Waals surface area (Å²) in [5.41, 5.74) is 2.47. The number of hydrogen-bond acceptors (Lipinski definition) is 3. The molecule has 0 unspecified atom stereocenters. The molecule has 0 aliphatic carbocycles. The molecule has 2 aromatic carbocycles. The maximum atomic E-state index is 12.4. The minimum atomic E-state index is -0.149. The summed E-state index contributed by atoms with van der Waals surface area (Å²) < 4.78 is 0. The van der Waals surface area contributed by atoms with Crippen LogP contribution in [-0.2, 0) is 17.9 Å².